The lowest BCUT2D eigenvalue weighted by Gasteiger charge is -2.19. The average molecular weight is 236 g/mol. The van der Waals surface area contributed by atoms with Crippen molar-refractivity contribution < 1.29 is 14.3 Å². The van der Waals surface area contributed by atoms with Crippen LogP contribution >= 0.6 is 0 Å². The lowest BCUT2D eigenvalue weighted by atomic mass is 10.1. The van der Waals surface area contributed by atoms with Crippen LogP contribution in [-0.2, 0) is 9.47 Å². The lowest BCUT2D eigenvalue weighted by Crippen LogP contribution is -2.22. The molecular formula is C14H20O3. The van der Waals surface area contributed by atoms with Crippen molar-refractivity contribution in [2.45, 2.75) is 33.3 Å². The fourth-order valence-electron chi connectivity index (χ4n) is 1.26. The van der Waals surface area contributed by atoms with Gasteiger partial charge in [-0.2, -0.15) is 0 Å². The lowest BCUT2D eigenvalue weighted by molar-refractivity contribution is -0.0281. The van der Waals surface area contributed by atoms with Crippen molar-refractivity contribution >= 4 is 5.97 Å². The highest BCUT2D eigenvalue weighted by Crippen LogP contribution is 2.07. The van der Waals surface area contributed by atoms with Crippen LogP contribution < -0.4 is 0 Å². The topological polar surface area (TPSA) is 35.5 Å². The molecular weight excluding hydrogens is 216 g/mol. The van der Waals surface area contributed by atoms with E-state index < -0.39 is 0 Å². The number of hydrogen-bond acceptors (Lipinski definition) is 3. The molecule has 1 aromatic carbocycles. The summed E-state index contributed by atoms with van der Waals surface area (Å²) in [5.41, 5.74) is 1.50. The molecule has 0 aromatic heterocycles. The van der Waals surface area contributed by atoms with Gasteiger partial charge in [0, 0.05) is 0 Å². The number of carbonyl (C=O) groups excluding carboxylic acids is 1. The summed E-state index contributed by atoms with van der Waals surface area (Å²) in [5.74, 6) is -0.303. The molecule has 0 unspecified atom stereocenters. The third-order valence-corrected chi connectivity index (χ3v) is 2.14. The Bertz CT molecular complexity index is 360. The van der Waals surface area contributed by atoms with Crippen molar-refractivity contribution in [3.63, 3.8) is 0 Å². The Balaban J connectivity index is 2.33. The summed E-state index contributed by atoms with van der Waals surface area (Å²) >= 11 is 0. The molecule has 1 aromatic rings. The molecule has 0 atom stereocenters. The van der Waals surface area contributed by atoms with E-state index in [1.54, 1.807) is 12.1 Å². The van der Waals surface area contributed by atoms with Gasteiger partial charge in [0.2, 0.25) is 0 Å². The van der Waals surface area contributed by atoms with E-state index in [1.807, 2.05) is 39.8 Å². The first-order valence-corrected chi connectivity index (χ1v) is 5.76. The van der Waals surface area contributed by atoms with Gasteiger partial charge in [0.05, 0.1) is 17.8 Å². The Morgan fingerprint density at radius 3 is 2.24 bits per heavy atom. The molecule has 0 spiro atoms. The molecule has 0 bridgehead atoms. The Morgan fingerprint density at radius 2 is 1.71 bits per heavy atom. The van der Waals surface area contributed by atoms with Gasteiger partial charge >= 0.3 is 5.97 Å². The Kier molecular flexibility index (Phi) is 4.70. The minimum atomic E-state index is -0.303. The van der Waals surface area contributed by atoms with E-state index in [2.05, 4.69) is 0 Å². The summed E-state index contributed by atoms with van der Waals surface area (Å²) in [6.45, 7) is 8.58. The summed E-state index contributed by atoms with van der Waals surface area (Å²) in [5, 5.41) is 0. The number of carbonyl (C=O) groups is 1. The Morgan fingerprint density at radius 1 is 1.12 bits per heavy atom. The number of benzene rings is 1. The molecule has 0 amide bonds. The molecule has 3 heteroatoms. The van der Waals surface area contributed by atoms with Gasteiger partial charge in [0.1, 0.15) is 6.61 Å². The van der Waals surface area contributed by atoms with E-state index in [1.165, 1.54) is 0 Å². The fourth-order valence-corrected chi connectivity index (χ4v) is 1.26. The molecule has 1 rings (SSSR count). The van der Waals surface area contributed by atoms with Gasteiger partial charge in [0.15, 0.2) is 0 Å². The standard InChI is InChI=1S/C14H20O3/c1-11-5-7-12(8-6-11)13(15)16-9-10-17-14(2,3)4/h5-8H,9-10H2,1-4H3. The summed E-state index contributed by atoms with van der Waals surface area (Å²) in [7, 11) is 0. The van der Waals surface area contributed by atoms with E-state index in [0.29, 0.717) is 12.2 Å². The van der Waals surface area contributed by atoms with Crippen molar-refractivity contribution in [3.05, 3.63) is 35.4 Å². The van der Waals surface area contributed by atoms with Gasteiger partial charge in [-0.1, -0.05) is 17.7 Å². The zero-order chi connectivity index (χ0) is 12.9. The van der Waals surface area contributed by atoms with Gasteiger partial charge in [-0.15, -0.1) is 0 Å². The highest BCUT2D eigenvalue weighted by atomic mass is 16.6. The quantitative estimate of drug-likeness (QED) is 0.595. The van der Waals surface area contributed by atoms with Crippen molar-refractivity contribution in [1.82, 2.24) is 0 Å². The third kappa shape index (κ3) is 5.50. The van der Waals surface area contributed by atoms with Gasteiger partial charge in [0.25, 0.3) is 0 Å². The molecule has 0 fully saturated rings. The summed E-state index contributed by atoms with van der Waals surface area (Å²) in [6, 6.07) is 7.31. The maximum Gasteiger partial charge on any atom is 0.338 e. The van der Waals surface area contributed by atoms with Crippen molar-refractivity contribution in [2.75, 3.05) is 13.2 Å². The predicted octanol–water partition coefficient (Wildman–Crippen LogP) is 2.97. The van der Waals surface area contributed by atoms with E-state index in [4.69, 9.17) is 9.47 Å². The molecule has 0 N–H and O–H groups in total. The maximum atomic E-state index is 11.6. The molecule has 0 heterocycles. The van der Waals surface area contributed by atoms with E-state index in [0.717, 1.165) is 5.56 Å². The van der Waals surface area contributed by atoms with Crippen molar-refractivity contribution in [3.8, 4) is 0 Å². The highest BCUT2D eigenvalue weighted by Gasteiger charge is 2.11. The van der Waals surface area contributed by atoms with Crippen LogP contribution in [0.25, 0.3) is 0 Å². The molecule has 0 saturated heterocycles. The summed E-state index contributed by atoms with van der Waals surface area (Å²) in [6.07, 6.45) is 0. The molecule has 0 aliphatic heterocycles. The molecule has 0 radical (unpaired) electrons. The van der Waals surface area contributed by atoms with E-state index in [-0.39, 0.29) is 18.2 Å². The van der Waals surface area contributed by atoms with Crippen molar-refractivity contribution in [1.29, 1.82) is 0 Å². The minimum Gasteiger partial charge on any atom is -0.460 e. The molecule has 0 saturated carbocycles. The van der Waals surface area contributed by atoms with Gasteiger partial charge in [-0.3, -0.25) is 0 Å². The first-order chi connectivity index (χ1) is 7.88. The van der Waals surface area contributed by atoms with Crippen LogP contribution in [0.5, 0.6) is 0 Å². The normalized spacial score (nSPS) is 11.3. The number of aryl methyl sites for hydroxylation is 1. The first-order valence-electron chi connectivity index (χ1n) is 5.76. The van der Waals surface area contributed by atoms with Crippen LogP contribution in [0.1, 0.15) is 36.7 Å². The van der Waals surface area contributed by atoms with Gasteiger partial charge in [-0.05, 0) is 39.8 Å². The second-order valence-corrected chi connectivity index (χ2v) is 4.96. The number of hydrogen-bond donors (Lipinski definition) is 0. The van der Waals surface area contributed by atoms with E-state index in [9.17, 15) is 4.79 Å². The van der Waals surface area contributed by atoms with Crippen LogP contribution in [0.2, 0.25) is 0 Å². The van der Waals surface area contributed by atoms with Gasteiger partial charge < -0.3 is 9.47 Å². The van der Waals surface area contributed by atoms with E-state index >= 15 is 0 Å². The Labute approximate surface area is 103 Å². The third-order valence-electron chi connectivity index (χ3n) is 2.14. The number of rotatable bonds is 4. The Hall–Kier alpha value is -1.35. The van der Waals surface area contributed by atoms with Crippen molar-refractivity contribution in [2.24, 2.45) is 0 Å². The predicted molar refractivity (Wildman–Crippen MR) is 67.2 cm³/mol. The van der Waals surface area contributed by atoms with Crippen LogP contribution in [0.3, 0.4) is 0 Å². The number of ether oxygens (including phenoxy) is 2. The monoisotopic (exact) mass is 236 g/mol. The zero-order valence-corrected chi connectivity index (χ0v) is 10.9. The molecule has 0 aliphatic carbocycles. The van der Waals surface area contributed by atoms with Crippen LogP contribution in [0, 0.1) is 6.92 Å². The SMILES string of the molecule is Cc1ccc(C(=O)OCCOC(C)(C)C)cc1. The average Bonchev–Trinajstić information content (AvgIpc) is 2.24. The zero-order valence-electron chi connectivity index (χ0n) is 10.9. The number of esters is 1. The molecule has 3 nitrogen and oxygen atoms in total. The summed E-state index contributed by atoms with van der Waals surface area (Å²) in [4.78, 5) is 11.6. The van der Waals surface area contributed by atoms with Gasteiger partial charge in [-0.25, -0.2) is 4.79 Å². The smallest absolute Gasteiger partial charge is 0.338 e. The second-order valence-electron chi connectivity index (χ2n) is 4.96. The highest BCUT2D eigenvalue weighted by molar-refractivity contribution is 5.89. The first kappa shape index (κ1) is 13.7. The second kappa shape index (κ2) is 5.82. The van der Waals surface area contributed by atoms with Crippen LogP contribution in [-0.4, -0.2) is 24.8 Å². The largest absolute Gasteiger partial charge is 0.460 e. The fraction of sp³-hybridized carbons (Fsp3) is 0.500. The molecule has 0 aliphatic rings. The molecule has 94 valence electrons. The summed E-state index contributed by atoms with van der Waals surface area (Å²) < 4.78 is 10.6. The minimum absolute atomic E-state index is 0.198. The van der Waals surface area contributed by atoms with Crippen LogP contribution in [0.4, 0.5) is 0 Å². The molecule has 17 heavy (non-hydrogen) atoms. The maximum absolute atomic E-state index is 11.6. The van der Waals surface area contributed by atoms with Crippen LogP contribution in [0.15, 0.2) is 24.3 Å².